The van der Waals surface area contributed by atoms with E-state index in [0.717, 1.165) is 30.3 Å². The van der Waals surface area contributed by atoms with E-state index in [4.69, 9.17) is 0 Å². The molecule has 1 aromatic carbocycles. The van der Waals surface area contributed by atoms with Gasteiger partial charge in [0.1, 0.15) is 5.82 Å². The van der Waals surface area contributed by atoms with Crippen molar-refractivity contribution in [2.24, 2.45) is 0 Å². The van der Waals surface area contributed by atoms with Gasteiger partial charge in [0.05, 0.1) is 6.61 Å². The molecule has 100 valence electrons. The Hall–Kier alpha value is -0.450. The largest absolute Gasteiger partial charge is 0.395 e. The number of hydrogen-bond acceptors (Lipinski definition) is 2. The highest BCUT2D eigenvalue weighted by molar-refractivity contribution is 9.10. The standard InChI is InChI=1S/C14H19BrFNO/c15-12-6-5-11(14(16)8-12)9-17-7-3-1-2-4-13(17)10-18/h5-6,8,13,18H,1-4,7,9-10H2. The van der Waals surface area contributed by atoms with Crippen LogP contribution in [0.25, 0.3) is 0 Å². The number of benzene rings is 1. The fourth-order valence-corrected chi connectivity index (χ4v) is 2.85. The van der Waals surface area contributed by atoms with Gasteiger partial charge in [0, 0.05) is 22.6 Å². The fraction of sp³-hybridized carbons (Fsp3) is 0.571. The first kappa shape index (κ1) is 14.0. The van der Waals surface area contributed by atoms with Crippen molar-refractivity contribution in [3.05, 3.63) is 34.1 Å². The van der Waals surface area contributed by atoms with E-state index in [0.29, 0.717) is 12.1 Å². The van der Waals surface area contributed by atoms with Gasteiger partial charge in [-0.3, -0.25) is 4.90 Å². The Morgan fingerprint density at radius 2 is 2.17 bits per heavy atom. The summed E-state index contributed by atoms with van der Waals surface area (Å²) in [5.41, 5.74) is 0.707. The number of hydrogen-bond donors (Lipinski definition) is 1. The molecule has 4 heteroatoms. The molecule has 1 saturated heterocycles. The second kappa shape index (κ2) is 6.64. The first-order valence-corrected chi connectivity index (χ1v) is 7.29. The third-order valence-electron chi connectivity index (χ3n) is 3.60. The molecule has 0 amide bonds. The summed E-state index contributed by atoms with van der Waals surface area (Å²) in [4.78, 5) is 2.21. The lowest BCUT2D eigenvalue weighted by Crippen LogP contribution is -2.37. The zero-order valence-corrected chi connectivity index (χ0v) is 12.0. The Kier molecular flexibility index (Phi) is 5.15. The summed E-state index contributed by atoms with van der Waals surface area (Å²) in [5, 5.41) is 9.43. The Morgan fingerprint density at radius 3 is 2.89 bits per heavy atom. The van der Waals surface area contributed by atoms with Crippen LogP contribution in [0.1, 0.15) is 31.2 Å². The van der Waals surface area contributed by atoms with Crippen LogP contribution in [0.5, 0.6) is 0 Å². The summed E-state index contributed by atoms with van der Waals surface area (Å²) < 4.78 is 14.6. The van der Waals surface area contributed by atoms with Crippen LogP contribution in [0.4, 0.5) is 4.39 Å². The summed E-state index contributed by atoms with van der Waals surface area (Å²) in [7, 11) is 0. The lowest BCUT2D eigenvalue weighted by Gasteiger charge is -2.28. The highest BCUT2D eigenvalue weighted by Gasteiger charge is 2.21. The van der Waals surface area contributed by atoms with Crippen molar-refractivity contribution in [3.63, 3.8) is 0 Å². The summed E-state index contributed by atoms with van der Waals surface area (Å²) in [5.74, 6) is -0.176. The van der Waals surface area contributed by atoms with Crippen molar-refractivity contribution in [2.75, 3.05) is 13.2 Å². The third-order valence-corrected chi connectivity index (χ3v) is 4.09. The molecule has 2 nitrogen and oxygen atoms in total. The predicted molar refractivity (Wildman–Crippen MR) is 73.9 cm³/mol. The van der Waals surface area contributed by atoms with E-state index >= 15 is 0 Å². The number of aliphatic hydroxyl groups excluding tert-OH is 1. The molecular weight excluding hydrogens is 297 g/mol. The topological polar surface area (TPSA) is 23.5 Å². The minimum Gasteiger partial charge on any atom is -0.395 e. The molecule has 0 radical (unpaired) electrons. The fourth-order valence-electron chi connectivity index (χ4n) is 2.52. The van der Waals surface area contributed by atoms with E-state index in [2.05, 4.69) is 20.8 Å². The summed E-state index contributed by atoms with van der Waals surface area (Å²) in [6, 6.07) is 5.36. The van der Waals surface area contributed by atoms with Gasteiger partial charge in [0.25, 0.3) is 0 Å². The van der Waals surface area contributed by atoms with Crippen LogP contribution in [0, 0.1) is 5.82 Å². The smallest absolute Gasteiger partial charge is 0.128 e. The van der Waals surface area contributed by atoms with Crippen LogP contribution in [-0.4, -0.2) is 29.2 Å². The molecule has 1 atom stereocenters. The minimum atomic E-state index is -0.176. The first-order valence-electron chi connectivity index (χ1n) is 6.49. The molecule has 1 aromatic rings. The van der Waals surface area contributed by atoms with Crippen molar-refractivity contribution in [3.8, 4) is 0 Å². The van der Waals surface area contributed by atoms with Crippen LogP contribution in [-0.2, 0) is 6.54 Å². The van der Waals surface area contributed by atoms with Crippen LogP contribution >= 0.6 is 15.9 Å². The van der Waals surface area contributed by atoms with Gasteiger partial charge in [-0.2, -0.15) is 0 Å². The predicted octanol–water partition coefficient (Wildman–Crippen LogP) is 3.33. The summed E-state index contributed by atoms with van der Waals surface area (Å²) >= 11 is 3.27. The van der Waals surface area contributed by atoms with Crippen molar-refractivity contribution < 1.29 is 9.50 Å². The Bertz CT molecular complexity index is 399. The third kappa shape index (κ3) is 3.53. The Morgan fingerprint density at radius 1 is 1.33 bits per heavy atom. The molecule has 1 aliphatic rings. The molecule has 2 rings (SSSR count). The van der Waals surface area contributed by atoms with E-state index in [9.17, 15) is 9.50 Å². The molecule has 0 bridgehead atoms. The molecule has 0 spiro atoms. The molecular formula is C14H19BrFNO. The van der Waals surface area contributed by atoms with Crippen LogP contribution in [0.15, 0.2) is 22.7 Å². The quantitative estimate of drug-likeness (QED) is 0.925. The zero-order chi connectivity index (χ0) is 13.0. The Balaban J connectivity index is 2.10. The molecule has 0 aliphatic carbocycles. The van der Waals surface area contributed by atoms with Crippen LogP contribution < -0.4 is 0 Å². The van der Waals surface area contributed by atoms with Gasteiger partial charge in [-0.1, -0.05) is 34.8 Å². The van der Waals surface area contributed by atoms with Gasteiger partial charge >= 0.3 is 0 Å². The van der Waals surface area contributed by atoms with Gasteiger partial charge in [-0.05, 0) is 31.5 Å². The van der Waals surface area contributed by atoms with Gasteiger partial charge in [-0.25, -0.2) is 4.39 Å². The van der Waals surface area contributed by atoms with E-state index < -0.39 is 0 Å². The van der Waals surface area contributed by atoms with Crippen molar-refractivity contribution in [1.82, 2.24) is 4.90 Å². The summed E-state index contributed by atoms with van der Waals surface area (Å²) in [6.07, 6.45) is 4.50. The normalized spacial score (nSPS) is 21.8. The van der Waals surface area contributed by atoms with E-state index in [1.54, 1.807) is 0 Å². The maximum Gasteiger partial charge on any atom is 0.128 e. The highest BCUT2D eigenvalue weighted by atomic mass is 79.9. The molecule has 1 unspecified atom stereocenters. The Labute approximate surface area is 116 Å². The molecule has 1 N–H and O–H groups in total. The van der Waals surface area contributed by atoms with E-state index in [1.165, 1.54) is 12.5 Å². The maximum atomic E-state index is 13.8. The van der Waals surface area contributed by atoms with E-state index in [1.807, 2.05) is 12.1 Å². The van der Waals surface area contributed by atoms with Crippen molar-refractivity contribution in [1.29, 1.82) is 0 Å². The second-order valence-electron chi connectivity index (χ2n) is 4.89. The molecule has 1 aliphatic heterocycles. The molecule has 0 saturated carbocycles. The number of likely N-dealkylation sites (tertiary alicyclic amines) is 1. The SMILES string of the molecule is OCC1CCCCCN1Cc1ccc(Br)cc1F. The lowest BCUT2D eigenvalue weighted by molar-refractivity contribution is 0.117. The van der Waals surface area contributed by atoms with Crippen LogP contribution in [0.3, 0.4) is 0 Å². The molecule has 18 heavy (non-hydrogen) atoms. The number of halogens is 2. The average molecular weight is 316 g/mol. The number of nitrogens with zero attached hydrogens (tertiary/aromatic N) is 1. The monoisotopic (exact) mass is 315 g/mol. The average Bonchev–Trinajstić information content (AvgIpc) is 2.57. The van der Waals surface area contributed by atoms with Crippen LogP contribution in [0.2, 0.25) is 0 Å². The minimum absolute atomic E-state index is 0.165. The zero-order valence-electron chi connectivity index (χ0n) is 10.4. The maximum absolute atomic E-state index is 13.8. The number of rotatable bonds is 3. The highest BCUT2D eigenvalue weighted by Crippen LogP contribution is 2.21. The van der Waals surface area contributed by atoms with Gasteiger partial charge in [-0.15, -0.1) is 0 Å². The molecule has 0 aromatic heterocycles. The van der Waals surface area contributed by atoms with E-state index in [-0.39, 0.29) is 18.5 Å². The van der Waals surface area contributed by atoms with Crippen molar-refractivity contribution in [2.45, 2.75) is 38.3 Å². The molecule has 1 fully saturated rings. The number of aliphatic hydroxyl groups is 1. The second-order valence-corrected chi connectivity index (χ2v) is 5.81. The first-order chi connectivity index (χ1) is 8.70. The van der Waals surface area contributed by atoms with Gasteiger partial charge in [0.2, 0.25) is 0 Å². The van der Waals surface area contributed by atoms with Gasteiger partial charge in [0.15, 0.2) is 0 Å². The lowest BCUT2D eigenvalue weighted by atomic mass is 10.1. The van der Waals surface area contributed by atoms with Crippen molar-refractivity contribution >= 4 is 15.9 Å². The molecule has 1 heterocycles. The van der Waals surface area contributed by atoms with Gasteiger partial charge < -0.3 is 5.11 Å². The summed E-state index contributed by atoms with van der Waals surface area (Å²) in [6.45, 7) is 1.70.